The van der Waals surface area contributed by atoms with Crippen molar-refractivity contribution in [2.75, 3.05) is 11.7 Å². The van der Waals surface area contributed by atoms with Crippen LogP contribution < -0.4 is 5.43 Å². The van der Waals surface area contributed by atoms with Gasteiger partial charge in [0.2, 0.25) is 0 Å². The van der Waals surface area contributed by atoms with E-state index in [0.29, 0.717) is 0 Å². The van der Waals surface area contributed by atoms with Crippen LogP contribution in [0.5, 0.6) is 0 Å². The van der Waals surface area contributed by atoms with Crippen molar-refractivity contribution in [3.8, 4) is 0 Å². The molecular weight excluding hydrogens is 336 g/mol. The van der Waals surface area contributed by atoms with E-state index in [-0.39, 0.29) is 0 Å². The molecule has 0 unspecified atom stereocenters. The number of rotatable bonds is 4. The zero-order valence-electron chi connectivity index (χ0n) is 13.5. The van der Waals surface area contributed by atoms with Gasteiger partial charge in [-0.3, -0.25) is 5.43 Å². The molecule has 24 heavy (non-hydrogen) atoms. The fourth-order valence-corrected chi connectivity index (χ4v) is 4.67. The Morgan fingerprint density at radius 2 is 2.00 bits per heavy atom. The highest BCUT2D eigenvalue weighted by Crippen LogP contribution is 2.38. The van der Waals surface area contributed by atoms with Gasteiger partial charge in [-0.2, -0.15) is 5.10 Å². The van der Waals surface area contributed by atoms with Gasteiger partial charge in [0.1, 0.15) is 11.2 Å². The second kappa shape index (κ2) is 6.91. The Morgan fingerprint density at radius 1 is 1.17 bits per heavy atom. The summed E-state index contributed by atoms with van der Waals surface area (Å²) in [5, 5.41) is 5.54. The van der Waals surface area contributed by atoms with E-state index in [4.69, 9.17) is 0 Å². The molecule has 0 atom stereocenters. The number of thioether (sulfide) groups is 1. The van der Waals surface area contributed by atoms with Crippen molar-refractivity contribution in [3.05, 3.63) is 46.6 Å². The summed E-state index contributed by atoms with van der Waals surface area (Å²) < 4.78 is 0. The number of anilines is 1. The Hall–Kier alpha value is -1.92. The highest BCUT2D eigenvalue weighted by molar-refractivity contribution is 7.98. The van der Waals surface area contributed by atoms with E-state index >= 15 is 0 Å². The fourth-order valence-electron chi connectivity index (χ4n) is 3.03. The maximum absolute atomic E-state index is 4.45. The van der Waals surface area contributed by atoms with Gasteiger partial charge < -0.3 is 0 Å². The number of benzene rings is 1. The van der Waals surface area contributed by atoms with Crippen LogP contribution in [0, 0.1) is 0 Å². The Labute approximate surface area is 149 Å². The number of thiophene rings is 1. The van der Waals surface area contributed by atoms with Gasteiger partial charge in [-0.15, -0.1) is 23.1 Å². The smallest absolute Gasteiger partial charge is 0.158 e. The third-order valence-electron chi connectivity index (χ3n) is 4.25. The van der Waals surface area contributed by atoms with Crippen molar-refractivity contribution in [1.29, 1.82) is 0 Å². The van der Waals surface area contributed by atoms with Crippen molar-refractivity contribution < 1.29 is 0 Å². The molecule has 1 aliphatic rings. The van der Waals surface area contributed by atoms with Gasteiger partial charge in [0, 0.05) is 9.77 Å². The lowest BCUT2D eigenvalue weighted by molar-refractivity contribution is 0.700. The molecule has 2 aromatic heterocycles. The molecule has 3 aromatic rings. The summed E-state index contributed by atoms with van der Waals surface area (Å²) in [6, 6.07) is 8.34. The number of hydrogen-bond acceptors (Lipinski definition) is 6. The molecule has 1 aliphatic carbocycles. The molecule has 0 aliphatic heterocycles. The second-order valence-electron chi connectivity index (χ2n) is 5.76. The van der Waals surface area contributed by atoms with E-state index < -0.39 is 0 Å². The van der Waals surface area contributed by atoms with Crippen molar-refractivity contribution in [1.82, 2.24) is 9.97 Å². The number of hydrogen-bond donors (Lipinski definition) is 1. The van der Waals surface area contributed by atoms with Crippen LogP contribution in [0.2, 0.25) is 0 Å². The average Bonchev–Trinajstić information content (AvgIpc) is 3.02. The van der Waals surface area contributed by atoms with Crippen LogP contribution in [0.4, 0.5) is 5.82 Å². The minimum absolute atomic E-state index is 0.816. The summed E-state index contributed by atoms with van der Waals surface area (Å²) in [5.74, 6) is 0.816. The van der Waals surface area contributed by atoms with Crippen molar-refractivity contribution in [2.45, 2.75) is 30.6 Å². The van der Waals surface area contributed by atoms with E-state index in [0.717, 1.165) is 28.0 Å². The lowest BCUT2D eigenvalue weighted by Crippen LogP contribution is -2.00. The molecule has 1 N–H and O–H groups in total. The lowest BCUT2D eigenvalue weighted by Gasteiger charge is -2.11. The van der Waals surface area contributed by atoms with Crippen LogP contribution in [-0.2, 0) is 12.8 Å². The number of fused-ring (bicyclic) bond motifs is 3. The molecule has 6 heteroatoms. The summed E-state index contributed by atoms with van der Waals surface area (Å²) in [5.41, 5.74) is 5.61. The molecule has 122 valence electrons. The van der Waals surface area contributed by atoms with Gasteiger partial charge in [0.05, 0.1) is 11.6 Å². The standard InChI is InChI=1S/C18H18N4S2/c1-23-13-8-6-12(7-9-13)10-21-22-17-16-14-4-2-3-5-15(14)24-18(16)20-11-19-17/h6-11H,2-5H2,1H3,(H,19,20,22). The number of aromatic nitrogens is 2. The molecule has 0 saturated carbocycles. The number of nitrogens with one attached hydrogen (secondary N) is 1. The first-order valence-electron chi connectivity index (χ1n) is 8.03. The summed E-state index contributed by atoms with van der Waals surface area (Å²) >= 11 is 3.54. The molecule has 0 radical (unpaired) electrons. The number of nitrogens with zero attached hydrogens (tertiary/aromatic N) is 3. The van der Waals surface area contributed by atoms with Crippen LogP contribution in [0.3, 0.4) is 0 Å². The topological polar surface area (TPSA) is 50.2 Å². The minimum atomic E-state index is 0.816. The second-order valence-corrected chi connectivity index (χ2v) is 7.72. The maximum atomic E-state index is 4.45. The highest BCUT2D eigenvalue weighted by Gasteiger charge is 2.19. The van der Waals surface area contributed by atoms with E-state index in [1.54, 1.807) is 29.4 Å². The number of aryl methyl sites for hydroxylation is 2. The van der Waals surface area contributed by atoms with Gasteiger partial charge in [-0.1, -0.05) is 12.1 Å². The zero-order chi connectivity index (χ0) is 16.4. The van der Waals surface area contributed by atoms with Crippen LogP contribution >= 0.6 is 23.1 Å². The van der Waals surface area contributed by atoms with Crippen LogP contribution in [0.15, 0.2) is 40.6 Å². The Balaban J connectivity index is 1.60. The van der Waals surface area contributed by atoms with E-state index in [9.17, 15) is 0 Å². The summed E-state index contributed by atoms with van der Waals surface area (Å²) in [7, 11) is 0. The Morgan fingerprint density at radius 3 is 2.83 bits per heavy atom. The summed E-state index contributed by atoms with van der Waals surface area (Å²) in [6.45, 7) is 0. The van der Waals surface area contributed by atoms with Gasteiger partial charge in [0.15, 0.2) is 5.82 Å². The van der Waals surface area contributed by atoms with Gasteiger partial charge >= 0.3 is 0 Å². The predicted octanol–water partition coefficient (Wildman–Crippen LogP) is 4.74. The van der Waals surface area contributed by atoms with E-state index in [1.165, 1.54) is 34.6 Å². The fraction of sp³-hybridized carbons (Fsp3) is 0.278. The highest BCUT2D eigenvalue weighted by atomic mass is 32.2. The minimum Gasteiger partial charge on any atom is -0.261 e. The molecule has 4 rings (SSSR count). The molecule has 4 nitrogen and oxygen atoms in total. The normalized spacial score (nSPS) is 14.2. The molecule has 0 bridgehead atoms. The molecule has 2 heterocycles. The van der Waals surface area contributed by atoms with Crippen LogP contribution in [0.25, 0.3) is 10.2 Å². The number of hydrazone groups is 1. The lowest BCUT2D eigenvalue weighted by atomic mass is 9.97. The van der Waals surface area contributed by atoms with E-state index in [2.05, 4.69) is 51.0 Å². The first-order valence-corrected chi connectivity index (χ1v) is 10.1. The molecular formula is C18H18N4S2. The Kier molecular flexibility index (Phi) is 4.49. The summed E-state index contributed by atoms with van der Waals surface area (Å²) in [4.78, 5) is 12.6. The van der Waals surface area contributed by atoms with Gasteiger partial charge in [0.25, 0.3) is 0 Å². The first-order chi connectivity index (χ1) is 11.8. The SMILES string of the molecule is CSc1ccc(C=NNc2ncnc3sc4c(c23)CCCC4)cc1. The van der Waals surface area contributed by atoms with Crippen LogP contribution in [0.1, 0.15) is 28.8 Å². The molecule has 0 fully saturated rings. The third kappa shape index (κ3) is 3.03. The molecule has 0 saturated heterocycles. The maximum Gasteiger partial charge on any atom is 0.158 e. The van der Waals surface area contributed by atoms with Crippen molar-refractivity contribution >= 4 is 45.3 Å². The molecule has 0 spiro atoms. The van der Waals surface area contributed by atoms with Crippen molar-refractivity contribution in [2.24, 2.45) is 5.10 Å². The predicted molar refractivity (Wildman–Crippen MR) is 103 cm³/mol. The van der Waals surface area contributed by atoms with Crippen LogP contribution in [-0.4, -0.2) is 22.4 Å². The molecule has 1 aromatic carbocycles. The monoisotopic (exact) mass is 354 g/mol. The first kappa shape index (κ1) is 15.6. The quantitative estimate of drug-likeness (QED) is 0.418. The third-order valence-corrected chi connectivity index (χ3v) is 6.19. The van der Waals surface area contributed by atoms with Gasteiger partial charge in [-0.25, -0.2) is 9.97 Å². The van der Waals surface area contributed by atoms with Crippen molar-refractivity contribution in [3.63, 3.8) is 0 Å². The summed E-state index contributed by atoms with van der Waals surface area (Å²) in [6.07, 6.45) is 10.3. The zero-order valence-corrected chi connectivity index (χ0v) is 15.1. The molecule has 0 amide bonds. The van der Waals surface area contributed by atoms with Gasteiger partial charge in [-0.05, 0) is 55.2 Å². The Bertz CT molecular complexity index is 884. The van der Waals surface area contributed by atoms with E-state index in [1.807, 2.05) is 6.21 Å². The average molecular weight is 355 g/mol. The largest absolute Gasteiger partial charge is 0.261 e.